The third-order valence-electron chi connectivity index (χ3n) is 4.79. The first kappa shape index (κ1) is 27.3. The van der Waals surface area contributed by atoms with E-state index in [4.69, 9.17) is 9.84 Å². The van der Waals surface area contributed by atoms with Crippen molar-refractivity contribution in [3.8, 4) is 0 Å². The molecular formula is C23H44O4S. The molecular weight excluding hydrogens is 372 g/mol. The molecule has 0 radical (unpaired) electrons. The van der Waals surface area contributed by atoms with Crippen molar-refractivity contribution < 1.29 is 19.4 Å². The van der Waals surface area contributed by atoms with E-state index in [0.717, 1.165) is 36.7 Å². The SMILES string of the molecule is CC(C)CCCCCCCCCCCCOC(=O)CCCSCCCC(=O)O. The number of carboxylic acids is 1. The van der Waals surface area contributed by atoms with Crippen molar-refractivity contribution in [2.45, 2.75) is 110 Å². The molecule has 0 atom stereocenters. The minimum absolute atomic E-state index is 0.0939. The molecule has 0 aliphatic carbocycles. The zero-order chi connectivity index (χ0) is 20.9. The normalized spacial score (nSPS) is 11.1. The van der Waals surface area contributed by atoms with E-state index in [1.165, 1.54) is 57.8 Å². The Kier molecular flexibility index (Phi) is 20.5. The average molecular weight is 417 g/mol. The minimum atomic E-state index is -0.739. The standard InChI is InChI=1S/C23H44O4S/c1-21(2)15-11-9-7-5-3-4-6-8-10-12-18-27-23(26)17-14-20-28-19-13-16-22(24)25/h21H,3-20H2,1-2H3,(H,24,25). The van der Waals surface area contributed by atoms with Gasteiger partial charge in [0.1, 0.15) is 0 Å². The van der Waals surface area contributed by atoms with E-state index in [2.05, 4.69) is 13.8 Å². The van der Waals surface area contributed by atoms with E-state index in [0.29, 0.717) is 19.4 Å². The summed E-state index contributed by atoms with van der Waals surface area (Å²) in [5, 5.41) is 8.54. The zero-order valence-electron chi connectivity index (χ0n) is 18.4. The van der Waals surface area contributed by atoms with Crippen molar-refractivity contribution in [1.29, 1.82) is 0 Å². The van der Waals surface area contributed by atoms with Crippen LogP contribution in [0.3, 0.4) is 0 Å². The Labute approximate surface area is 177 Å². The second-order valence-corrected chi connectivity index (χ2v) is 9.38. The van der Waals surface area contributed by atoms with Gasteiger partial charge in [0.05, 0.1) is 6.61 Å². The Morgan fingerprint density at radius 2 is 1.25 bits per heavy atom. The first-order chi connectivity index (χ1) is 13.5. The molecule has 166 valence electrons. The Hall–Kier alpha value is -0.710. The first-order valence-electron chi connectivity index (χ1n) is 11.5. The first-order valence-corrected chi connectivity index (χ1v) is 12.6. The van der Waals surface area contributed by atoms with Crippen LogP contribution in [0.15, 0.2) is 0 Å². The second-order valence-electron chi connectivity index (χ2n) is 8.15. The zero-order valence-corrected chi connectivity index (χ0v) is 19.2. The van der Waals surface area contributed by atoms with Crippen LogP contribution in [0, 0.1) is 5.92 Å². The van der Waals surface area contributed by atoms with Gasteiger partial charge in [-0.1, -0.05) is 78.1 Å². The van der Waals surface area contributed by atoms with Crippen molar-refractivity contribution in [3.05, 3.63) is 0 Å². The molecule has 0 unspecified atom stereocenters. The van der Waals surface area contributed by atoms with Gasteiger partial charge in [0.25, 0.3) is 0 Å². The van der Waals surface area contributed by atoms with E-state index in [9.17, 15) is 9.59 Å². The monoisotopic (exact) mass is 416 g/mol. The maximum Gasteiger partial charge on any atom is 0.305 e. The number of hydrogen-bond donors (Lipinski definition) is 1. The molecule has 0 fully saturated rings. The Morgan fingerprint density at radius 1 is 0.750 bits per heavy atom. The smallest absolute Gasteiger partial charge is 0.305 e. The molecule has 0 aliphatic rings. The highest BCUT2D eigenvalue weighted by molar-refractivity contribution is 7.99. The molecule has 0 aromatic heterocycles. The summed E-state index contributed by atoms with van der Waals surface area (Å²) in [4.78, 5) is 22.0. The number of carboxylic acid groups (broad SMARTS) is 1. The fourth-order valence-electron chi connectivity index (χ4n) is 3.07. The second kappa shape index (κ2) is 21.0. The molecule has 0 heterocycles. The highest BCUT2D eigenvalue weighted by Crippen LogP contribution is 2.13. The van der Waals surface area contributed by atoms with Gasteiger partial charge in [-0.05, 0) is 36.7 Å². The van der Waals surface area contributed by atoms with Crippen LogP contribution in [0.25, 0.3) is 0 Å². The molecule has 28 heavy (non-hydrogen) atoms. The molecule has 0 spiro atoms. The largest absolute Gasteiger partial charge is 0.481 e. The van der Waals surface area contributed by atoms with Crippen LogP contribution in [-0.4, -0.2) is 35.2 Å². The molecule has 0 aromatic rings. The molecule has 0 saturated carbocycles. The molecule has 5 heteroatoms. The number of unbranched alkanes of at least 4 members (excludes halogenated alkanes) is 9. The molecule has 0 aromatic carbocycles. The van der Waals surface area contributed by atoms with E-state index < -0.39 is 5.97 Å². The molecule has 0 saturated heterocycles. The lowest BCUT2D eigenvalue weighted by atomic mass is 10.0. The van der Waals surface area contributed by atoms with Gasteiger partial charge in [-0.15, -0.1) is 0 Å². The fraction of sp³-hybridized carbons (Fsp3) is 0.913. The van der Waals surface area contributed by atoms with Crippen molar-refractivity contribution in [1.82, 2.24) is 0 Å². The van der Waals surface area contributed by atoms with Crippen molar-refractivity contribution >= 4 is 23.7 Å². The third kappa shape index (κ3) is 23.3. The molecule has 0 rings (SSSR count). The maximum absolute atomic E-state index is 11.6. The predicted molar refractivity (Wildman–Crippen MR) is 120 cm³/mol. The van der Waals surface area contributed by atoms with Gasteiger partial charge in [-0.3, -0.25) is 9.59 Å². The van der Waals surface area contributed by atoms with Gasteiger partial charge in [0.15, 0.2) is 0 Å². The number of hydrogen-bond acceptors (Lipinski definition) is 4. The lowest BCUT2D eigenvalue weighted by Crippen LogP contribution is -2.06. The Morgan fingerprint density at radius 3 is 1.79 bits per heavy atom. The minimum Gasteiger partial charge on any atom is -0.481 e. The van der Waals surface area contributed by atoms with Crippen LogP contribution in [0.4, 0.5) is 0 Å². The number of carbonyl (C=O) groups excluding carboxylic acids is 1. The summed E-state index contributed by atoms with van der Waals surface area (Å²) >= 11 is 1.71. The van der Waals surface area contributed by atoms with Crippen LogP contribution in [0.5, 0.6) is 0 Å². The number of carbonyl (C=O) groups is 2. The quantitative estimate of drug-likeness (QED) is 0.164. The van der Waals surface area contributed by atoms with Gasteiger partial charge in [-0.2, -0.15) is 11.8 Å². The summed E-state index contributed by atoms with van der Waals surface area (Å²) in [6.45, 7) is 5.16. The third-order valence-corrected chi connectivity index (χ3v) is 5.94. The summed E-state index contributed by atoms with van der Waals surface area (Å²) in [5.41, 5.74) is 0. The summed E-state index contributed by atoms with van der Waals surface area (Å²) in [6, 6.07) is 0. The van der Waals surface area contributed by atoms with E-state index in [-0.39, 0.29) is 12.4 Å². The van der Waals surface area contributed by atoms with E-state index >= 15 is 0 Å². The van der Waals surface area contributed by atoms with Gasteiger partial charge in [0.2, 0.25) is 0 Å². The predicted octanol–water partition coefficient (Wildman–Crippen LogP) is 6.85. The van der Waals surface area contributed by atoms with E-state index in [1.807, 2.05) is 0 Å². The number of ether oxygens (including phenoxy) is 1. The van der Waals surface area contributed by atoms with Crippen LogP contribution in [0.2, 0.25) is 0 Å². The van der Waals surface area contributed by atoms with Crippen molar-refractivity contribution in [2.24, 2.45) is 5.92 Å². The van der Waals surface area contributed by atoms with Gasteiger partial charge >= 0.3 is 11.9 Å². The number of rotatable bonds is 21. The number of esters is 1. The maximum atomic E-state index is 11.6. The lowest BCUT2D eigenvalue weighted by Gasteiger charge is -2.06. The molecule has 1 N–H and O–H groups in total. The average Bonchev–Trinajstić information content (AvgIpc) is 2.64. The molecule has 0 amide bonds. The lowest BCUT2D eigenvalue weighted by molar-refractivity contribution is -0.143. The van der Waals surface area contributed by atoms with Crippen molar-refractivity contribution in [3.63, 3.8) is 0 Å². The highest BCUT2D eigenvalue weighted by Gasteiger charge is 2.03. The van der Waals surface area contributed by atoms with Gasteiger partial charge in [0, 0.05) is 12.8 Å². The molecule has 0 aliphatic heterocycles. The Bertz CT molecular complexity index is 372. The topological polar surface area (TPSA) is 63.6 Å². The van der Waals surface area contributed by atoms with Gasteiger partial charge in [-0.25, -0.2) is 0 Å². The van der Waals surface area contributed by atoms with Crippen LogP contribution >= 0.6 is 11.8 Å². The van der Waals surface area contributed by atoms with Crippen LogP contribution in [0.1, 0.15) is 110 Å². The Balaban J connectivity index is 3.17. The van der Waals surface area contributed by atoms with Gasteiger partial charge < -0.3 is 9.84 Å². The van der Waals surface area contributed by atoms with Crippen LogP contribution in [-0.2, 0) is 14.3 Å². The number of aliphatic carboxylic acids is 1. The fourth-order valence-corrected chi connectivity index (χ4v) is 3.97. The highest BCUT2D eigenvalue weighted by atomic mass is 32.2. The molecule has 0 bridgehead atoms. The summed E-state index contributed by atoms with van der Waals surface area (Å²) < 4.78 is 5.27. The van der Waals surface area contributed by atoms with Crippen LogP contribution < -0.4 is 0 Å². The van der Waals surface area contributed by atoms with E-state index in [1.54, 1.807) is 11.8 Å². The summed E-state index contributed by atoms with van der Waals surface area (Å²) in [7, 11) is 0. The number of thioether (sulfide) groups is 1. The summed E-state index contributed by atoms with van der Waals surface area (Å²) in [5.74, 6) is 1.76. The van der Waals surface area contributed by atoms with Crippen molar-refractivity contribution in [2.75, 3.05) is 18.1 Å². The summed E-state index contributed by atoms with van der Waals surface area (Å²) in [6.07, 6.45) is 16.5. The molecule has 4 nitrogen and oxygen atoms in total.